The van der Waals surface area contributed by atoms with Crippen LogP contribution >= 0.6 is 0 Å². The molecule has 1 rings (SSSR count). The van der Waals surface area contributed by atoms with Crippen molar-refractivity contribution in [3.63, 3.8) is 0 Å². The fourth-order valence-corrected chi connectivity index (χ4v) is 1.26. The molecule has 4 nitrogen and oxygen atoms in total. The first-order valence-corrected chi connectivity index (χ1v) is 5.13. The molecule has 0 aliphatic rings. The van der Waals surface area contributed by atoms with Crippen molar-refractivity contribution in [2.75, 3.05) is 11.9 Å². The molecule has 0 fully saturated rings. The van der Waals surface area contributed by atoms with E-state index < -0.39 is 11.7 Å². The predicted molar refractivity (Wildman–Crippen MR) is 61.7 cm³/mol. The molecule has 0 aliphatic heterocycles. The van der Waals surface area contributed by atoms with E-state index in [1.807, 2.05) is 6.92 Å². The maximum atomic E-state index is 12.9. The van der Waals surface area contributed by atoms with Gasteiger partial charge in [0.2, 0.25) is 0 Å². The van der Waals surface area contributed by atoms with Crippen molar-refractivity contribution in [3.8, 4) is 0 Å². The Morgan fingerprint density at radius 3 is 2.81 bits per heavy atom. The van der Waals surface area contributed by atoms with Crippen LogP contribution in [0.5, 0.6) is 0 Å². The molecular weight excluding hydrogens is 209 g/mol. The summed E-state index contributed by atoms with van der Waals surface area (Å²) in [5.74, 6) is -1.15. The molecule has 0 heterocycles. The van der Waals surface area contributed by atoms with Gasteiger partial charge in [0.05, 0.1) is 5.56 Å². The van der Waals surface area contributed by atoms with Gasteiger partial charge in [0.1, 0.15) is 5.82 Å². The Hall–Kier alpha value is -1.62. The molecule has 1 amide bonds. The lowest BCUT2D eigenvalue weighted by Crippen LogP contribution is -2.28. The van der Waals surface area contributed by atoms with Crippen LogP contribution in [0.2, 0.25) is 0 Å². The Morgan fingerprint density at radius 2 is 2.25 bits per heavy atom. The standard InChI is InChI=1S/C11H16FN3O/c1-2-8(13)6-15-10-4-3-7(12)5-9(10)11(14)16/h3-5,8,15H,2,6,13H2,1H3,(H2,14,16). The Kier molecular flexibility index (Phi) is 4.25. The predicted octanol–water partition coefficient (Wildman–Crippen LogP) is 1.07. The average Bonchev–Trinajstić information content (AvgIpc) is 2.26. The molecule has 0 aromatic heterocycles. The number of benzene rings is 1. The normalized spacial score (nSPS) is 12.2. The molecule has 0 saturated heterocycles. The molecule has 0 aliphatic carbocycles. The maximum Gasteiger partial charge on any atom is 0.250 e. The lowest BCUT2D eigenvalue weighted by molar-refractivity contribution is 0.100. The number of nitrogens with one attached hydrogen (secondary N) is 1. The summed E-state index contributed by atoms with van der Waals surface area (Å²) >= 11 is 0. The number of hydrogen-bond donors (Lipinski definition) is 3. The monoisotopic (exact) mass is 225 g/mol. The molecule has 5 heteroatoms. The largest absolute Gasteiger partial charge is 0.383 e. The second kappa shape index (κ2) is 5.46. The van der Waals surface area contributed by atoms with Crippen LogP contribution in [0.3, 0.4) is 0 Å². The third-order valence-electron chi connectivity index (χ3n) is 2.33. The van der Waals surface area contributed by atoms with Gasteiger partial charge in [-0.05, 0) is 24.6 Å². The minimum Gasteiger partial charge on any atom is -0.383 e. The highest BCUT2D eigenvalue weighted by molar-refractivity contribution is 5.98. The lowest BCUT2D eigenvalue weighted by Gasteiger charge is -2.13. The molecule has 1 atom stereocenters. The molecule has 0 saturated carbocycles. The van der Waals surface area contributed by atoms with Crippen molar-refractivity contribution in [3.05, 3.63) is 29.6 Å². The topological polar surface area (TPSA) is 81.1 Å². The van der Waals surface area contributed by atoms with Crippen molar-refractivity contribution in [1.82, 2.24) is 0 Å². The van der Waals surface area contributed by atoms with Gasteiger partial charge in [0.25, 0.3) is 5.91 Å². The Labute approximate surface area is 93.8 Å². The van der Waals surface area contributed by atoms with Crippen molar-refractivity contribution in [2.45, 2.75) is 19.4 Å². The van der Waals surface area contributed by atoms with Crippen molar-refractivity contribution >= 4 is 11.6 Å². The summed E-state index contributed by atoms with van der Waals surface area (Å²) in [6, 6.07) is 3.86. The number of carbonyl (C=O) groups is 1. The van der Waals surface area contributed by atoms with E-state index in [-0.39, 0.29) is 11.6 Å². The fraction of sp³-hybridized carbons (Fsp3) is 0.364. The molecule has 1 aromatic rings. The van der Waals surface area contributed by atoms with E-state index in [4.69, 9.17) is 11.5 Å². The number of amides is 1. The van der Waals surface area contributed by atoms with Crippen LogP contribution in [0, 0.1) is 5.82 Å². The molecule has 5 N–H and O–H groups in total. The van der Waals surface area contributed by atoms with E-state index in [1.165, 1.54) is 12.1 Å². The first-order valence-electron chi connectivity index (χ1n) is 5.13. The molecule has 1 unspecified atom stereocenters. The zero-order chi connectivity index (χ0) is 12.1. The SMILES string of the molecule is CCC(N)CNc1ccc(F)cc1C(N)=O. The Balaban J connectivity index is 2.82. The van der Waals surface area contributed by atoms with Gasteiger partial charge < -0.3 is 16.8 Å². The van der Waals surface area contributed by atoms with Crippen LogP contribution in [0.1, 0.15) is 23.7 Å². The van der Waals surface area contributed by atoms with Gasteiger partial charge in [0.15, 0.2) is 0 Å². The van der Waals surface area contributed by atoms with E-state index in [9.17, 15) is 9.18 Å². The van der Waals surface area contributed by atoms with Gasteiger partial charge in [-0.2, -0.15) is 0 Å². The number of primary amides is 1. The molecule has 16 heavy (non-hydrogen) atoms. The highest BCUT2D eigenvalue weighted by atomic mass is 19.1. The van der Waals surface area contributed by atoms with Gasteiger partial charge >= 0.3 is 0 Å². The second-order valence-electron chi connectivity index (χ2n) is 3.60. The van der Waals surface area contributed by atoms with Crippen LogP contribution in [0.15, 0.2) is 18.2 Å². The zero-order valence-electron chi connectivity index (χ0n) is 9.16. The highest BCUT2D eigenvalue weighted by Crippen LogP contribution is 2.16. The van der Waals surface area contributed by atoms with Gasteiger partial charge in [0, 0.05) is 18.3 Å². The van der Waals surface area contributed by atoms with E-state index in [0.717, 1.165) is 12.5 Å². The van der Waals surface area contributed by atoms with Crippen LogP contribution < -0.4 is 16.8 Å². The first-order chi connectivity index (χ1) is 7.54. The number of hydrogen-bond acceptors (Lipinski definition) is 3. The summed E-state index contributed by atoms with van der Waals surface area (Å²) in [5.41, 5.74) is 11.5. The summed E-state index contributed by atoms with van der Waals surface area (Å²) in [4.78, 5) is 11.1. The van der Waals surface area contributed by atoms with Gasteiger partial charge in [-0.15, -0.1) is 0 Å². The molecule has 0 bridgehead atoms. The third kappa shape index (κ3) is 3.20. The van der Waals surface area contributed by atoms with Crippen molar-refractivity contribution in [2.24, 2.45) is 11.5 Å². The summed E-state index contributed by atoms with van der Waals surface area (Å²) < 4.78 is 12.9. The molecule has 1 aromatic carbocycles. The molecule has 88 valence electrons. The minimum atomic E-state index is -0.660. The second-order valence-corrected chi connectivity index (χ2v) is 3.60. The van der Waals surface area contributed by atoms with E-state index in [0.29, 0.717) is 12.2 Å². The number of carbonyl (C=O) groups excluding carboxylic acids is 1. The number of anilines is 1. The van der Waals surface area contributed by atoms with Crippen molar-refractivity contribution < 1.29 is 9.18 Å². The number of rotatable bonds is 5. The number of nitrogens with two attached hydrogens (primary N) is 2. The van der Waals surface area contributed by atoms with E-state index >= 15 is 0 Å². The first kappa shape index (κ1) is 12.4. The van der Waals surface area contributed by atoms with Crippen LogP contribution in [-0.2, 0) is 0 Å². The lowest BCUT2D eigenvalue weighted by atomic mass is 10.1. The van der Waals surface area contributed by atoms with E-state index in [1.54, 1.807) is 0 Å². The van der Waals surface area contributed by atoms with Gasteiger partial charge in [-0.3, -0.25) is 4.79 Å². The summed E-state index contributed by atoms with van der Waals surface area (Å²) in [5, 5.41) is 2.98. The highest BCUT2D eigenvalue weighted by Gasteiger charge is 2.09. The van der Waals surface area contributed by atoms with Gasteiger partial charge in [-0.1, -0.05) is 6.92 Å². The third-order valence-corrected chi connectivity index (χ3v) is 2.33. The zero-order valence-corrected chi connectivity index (χ0v) is 9.16. The van der Waals surface area contributed by atoms with Gasteiger partial charge in [-0.25, -0.2) is 4.39 Å². The quantitative estimate of drug-likeness (QED) is 0.701. The van der Waals surface area contributed by atoms with Crippen LogP contribution in [0.25, 0.3) is 0 Å². The Bertz CT molecular complexity index is 381. The summed E-state index contributed by atoms with van der Waals surface area (Å²) in [6.07, 6.45) is 0.820. The van der Waals surface area contributed by atoms with E-state index in [2.05, 4.69) is 5.32 Å². The Morgan fingerprint density at radius 1 is 1.56 bits per heavy atom. The summed E-state index contributed by atoms with van der Waals surface area (Å²) in [7, 11) is 0. The minimum absolute atomic E-state index is 0.00854. The fourth-order valence-electron chi connectivity index (χ4n) is 1.26. The van der Waals surface area contributed by atoms with Crippen LogP contribution in [0.4, 0.5) is 10.1 Å². The smallest absolute Gasteiger partial charge is 0.250 e. The maximum absolute atomic E-state index is 12.9. The molecular formula is C11H16FN3O. The van der Waals surface area contributed by atoms with Crippen LogP contribution in [-0.4, -0.2) is 18.5 Å². The summed E-state index contributed by atoms with van der Waals surface area (Å²) in [6.45, 7) is 2.48. The average molecular weight is 225 g/mol. The number of halogens is 1. The van der Waals surface area contributed by atoms with Crippen molar-refractivity contribution in [1.29, 1.82) is 0 Å². The molecule has 0 spiro atoms. The molecule has 0 radical (unpaired) electrons.